The minimum absolute atomic E-state index is 0.171. The number of anilines is 2. The molecule has 0 amide bonds. The van der Waals surface area contributed by atoms with Crippen LogP contribution in [0, 0.1) is 0 Å². The molecule has 0 saturated heterocycles. The van der Waals surface area contributed by atoms with Crippen molar-refractivity contribution in [3.63, 3.8) is 0 Å². The molecule has 0 spiro atoms. The lowest BCUT2D eigenvalue weighted by Gasteiger charge is -2.11. The number of carbonyl (C=O) groups is 1. The number of benzene rings is 2. The Morgan fingerprint density at radius 2 is 1.96 bits per heavy atom. The topological polar surface area (TPSA) is 75.1 Å². The van der Waals surface area contributed by atoms with Crippen LogP contribution in [0.1, 0.15) is 22.8 Å². The molecule has 0 radical (unpaired) electrons. The van der Waals surface area contributed by atoms with Gasteiger partial charge in [0.15, 0.2) is 0 Å². The number of halogens is 1. The first-order valence-electron chi connectivity index (χ1n) is 8.68. The van der Waals surface area contributed by atoms with E-state index < -0.39 is 5.97 Å². The van der Waals surface area contributed by atoms with Crippen LogP contribution < -0.4 is 5.32 Å². The first-order chi connectivity index (χ1) is 13.6. The number of nitrogens with zero attached hydrogens (tertiary/aromatic N) is 2. The lowest BCUT2D eigenvalue weighted by molar-refractivity contribution is 0.0698. The van der Waals surface area contributed by atoms with Gasteiger partial charge < -0.3 is 10.4 Å². The number of aryl methyl sites for hydroxylation is 1. The van der Waals surface area contributed by atoms with E-state index in [4.69, 9.17) is 0 Å². The Kier molecular flexibility index (Phi) is 5.11. The van der Waals surface area contributed by atoms with Crippen LogP contribution in [0.15, 0.2) is 58.6 Å². The largest absolute Gasteiger partial charge is 0.478 e. The van der Waals surface area contributed by atoms with Crippen LogP contribution in [0.25, 0.3) is 21.3 Å². The second-order valence-electron chi connectivity index (χ2n) is 6.22. The van der Waals surface area contributed by atoms with Gasteiger partial charge in [0.25, 0.3) is 0 Å². The lowest BCUT2D eigenvalue weighted by Crippen LogP contribution is -2.04. The van der Waals surface area contributed by atoms with E-state index in [0.29, 0.717) is 16.0 Å². The summed E-state index contributed by atoms with van der Waals surface area (Å²) in [7, 11) is 0. The van der Waals surface area contributed by atoms with Crippen molar-refractivity contribution in [3.8, 4) is 11.1 Å². The molecule has 0 aliphatic rings. The molecule has 0 saturated carbocycles. The summed E-state index contributed by atoms with van der Waals surface area (Å²) >= 11 is 4.86. The Labute approximate surface area is 174 Å². The van der Waals surface area contributed by atoms with E-state index >= 15 is 0 Å². The van der Waals surface area contributed by atoms with Gasteiger partial charge in [0.05, 0.1) is 16.6 Å². The van der Waals surface area contributed by atoms with Crippen LogP contribution >= 0.6 is 27.3 Å². The van der Waals surface area contributed by atoms with Gasteiger partial charge in [-0.25, -0.2) is 14.8 Å². The van der Waals surface area contributed by atoms with Gasteiger partial charge in [0.1, 0.15) is 17.0 Å². The third-order valence-electron chi connectivity index (χ3n) is 4.51. The fourth-order valence-electron chi connectivity index (χ4n) is 3.03. The minimum Gasteiger partial charge on any atom is -0.478 e. The molecule has 2 aromatic heterocycles. The number of aromatic nitrogens is 2. The summed E-state index contributed by atoms with van der Waals surface area (Å²) in [5, 5.41) is 15.7. The maximum absolute atomic E-state index is 11.6. The van der Waals surface area contributed by atoms with Crippen LogP contribution in [0.3, 0.4) is 0 Å². The molecule has 0 aliphatic carbocycles. The summed E-state index contributed by atoms with van der Waals surface area (Å²) in [5.74, 6) is -0.416. The van der Waals surface area contributed by atoms with Gasteiger partial charge in [-0.1, -0.05) is 47.1 Å². The van der Waals surface area contributed by atoms with Crippen LogP contribution in [0.4, 0.5) is 11.5 Å². The molecule has 0 bridgehead atoms. The summed E-state index contributed by atoms with van der Waals surface area (Å²) in [6, 6.07) is 13.5. The van der Waals surface area contributed by atoms with Crippen molar-refractivity contribution < 1.29 is 9.90 Å². The third kappa shape index (κ3) is 3.50. The first-order valence-corrected chi connectivity index (χ1v) is 10.4. The van der Waals surface area contributed by atoms with Crippen molar-refractivity contribution in [2.24, 2.45) is 0 Å². The Bertz CT molecular complexity index is 1170. The molecule has 2 heterocycles. The monoisotopic (exact) mass is 453 g/mol. The summed E-state index contributed by atoms with van der Waals surface area (Å²) in [4.78, 5) is 21.3. The predicted molar refractivity (Wildman–Crippen MR) is 117 cm³/mol. The zero-order valence-electron chi connectivity index (χ0n) is 14.9. The average molecular weight is 454 g/mol. The second kappa shape index (κ2) is 7.69. The van der Waals surface area contributed by atoms with Crippen LogP contribution in [-0.2, 0) is 6.42 Å². The SMILES string of the molecule is CCc1ccc(-c2csc3ncnc(Nc4ccc(Br)cc4C(=O)O)c23)cc1. The lowest BCUT2D eigenvalue weighted by atomic mass is 10.0. The molecule has 0 unspecified atom stereocenters. The highest BCUT2D eigenvalue weighted by atomic mass is 79.9. The quantitative estimate of drug-likeness (QED) is 0.380. The number of carboxylic acids is 1. The Morgan fingerprint density at radius 3 is 2.68 bits per heavy atom. The Balaban J connectivity index is 1.82. The van der Waals surface area contributed by atoms with E-state index in [1.165, 1.54) is 11.9 Å². The summed E-state index contributed by atoms with van der Waals surface area (Å²) in [5.41, 5.74) is 4.04. The molecule has 0 atom stereocenters. The maximum atomic E-state index is 11.6. The molecule has 2 N–H and O–H groups in total. The number of hydrogen-bond donors (Lipinski definition) is 2. The standard InChI is InChI=1S/C21H16BrN3O2S/c1-2-12-3-5-13(6-4-12)16-10-28-20-18(16)19(23-11-24-20)25-17-8-7-14(22)9-15(17)21(26)27/h3-11H,2H2,1H3,(H,26,27)(H,23,24,25). The molecule has 4 rings (SSSR count). The van der Waals surface area contributed by atoms with Crippen LogP contribution in [0.2, 0.25) is 0 Å². The van der Waals surface area contributed by atoms with Gasteiger partial charge in [-0.2, -0.15) is 0 Å². The zero-order chi connectivity index (χ0) is 19.7. The molecular formula is C21H16BrN3O2S. The number of aromatic carboxylic acids is 1. The minimum atomic E-state index is -1.00. The molecule has 0 aliphatic heterocycles. The molecule has 140 valence electrons. The van der Waals surface area contributed by atoms with E-state index in [0.717, 1.165) is 27.8 Å². The molecule has 0 fully saturated rings. The van der Waals surface area contributed by atoms with Gasteiger partial charge in [-0.3, -0.25) is 0 Å². The van der Waals surface area contributed by atoms with Crippen LogP contribution in [0.5, 0.6) is 0 Å². The van der Waals surface area contributed by atoms with Crippen molar-refractivity contribution >= 4 is 55.0 Å². The average Bonchev–Trinajstić information content (AvgIpc) is 3.14. The van der Waals surface area contributed by atoms with Gasteiger partial charge >= 0.3 is 5.97 Å². The first kappa shape index (κ1) is 18.6. The number of rotatable bonds is 5. The number of hydrogen-bond acceptors (Lipinski definition) is 5. The summed E-state index contributed by atoms with van der Waals surface area (Å²) in [6.45, 7) is 2.13. The van der Waals surface area contributed by atoms with E-state index in [1.54, 1.807) is 29.5 Å². The van der Waals surface area contributed by atoms with Gasteiger partial charge in [-0.15, -0.1) is 11.3 Å². The number of nitrogens with one attached hydrogen (secondary N) is 1. The normalized spacial score (nSPS) is 10.9. The van der Waals surface area contributed by atoms with E-state index in [-0.39, 0.29) is 5.56 Å². The number of carboxylic acid groups (broad SMARTS) is 1. The molecule has 5 nitrogen and oxygen atoms in total. The Hall–Kier alpha value is -2.77. The van der Waals surface area contributed by atoms with Crippen LogP contribution in [-0.4, -0.2) is 21.0 Å². The van der Waals surface area contributed by atoms with Crippen molar-refractivity contribution in [2.45, 2.75) is 13.3 Å². The molecule has 7 heteroatoms. The fourth-order valence-corrected chi connectivity index (χ4v) is 4.31. The highest BCUT2D eigenvalue weighted by molar-refractivity contribution is 9.10. The molecule has 2 aromatic carbocycles. The van der Waals surface area contributed by atoms with E-state index in [2.05, 4.69) is 67.8 Å². The number of fused-ring (bicyclic) bond motifs is 1. The molecular weight excluding hydrogens is 438 g/mol. The molecule has 28 heavy (non-hydrogen) atoms. The van der Waals surface area contributed by atoms with E-state index in [9.17, 15) is 9.90 Å². The maximum Gasteiger partial charge on any atom is 0.337 e. The van der Waals surface area contributed by atoms with Crippen molar-refractivity contribution in [3.05, 3.63) is 69.8 Å². The predicted octanol–water partition coefficient (Wildman–Crippen LogP) is 6.13. The van der Waals surface area contributed by atoms with Gasteiger partial charge in [0, 0.05) is 15.4 Å². The highest BCUT2D eigenvalue weighted by Gasteiger charge is 2.16. The van der Waals surface area contributed by atoms with Crippen molar-refractivity contribution in [1.82, 2.24) is 9.97 Å². The number of thiophene rings is 1. The highest BCUT2D eigenvalue weighted by Crippen LogP contribution is 2.38. The third-order valence-corrected chi connectivity index (χ3v) is 5.89. The summed E-state index contributed by atoms with van der Waals surface area (Å²) in [6.07, 6.45) is 2.48. The second-order valence-corrected chi connectivity index (χ2v) is 8.00. The van der Waals surface area contributed by atoms with Crippen molar-refractivity contribution in [1.29, 1.82) is 0 Å². The summed E-state index contributed by atoms with van der Waals surface area (Å²) < 4.78 is 0.704. The fraction of sp³-hybridized carbons (Fsp3) is 0.0952. The smallest absolute Gasteiger partial charge is 0.337 e. The van der Waals surface area contributed by atoms with Gasteiger partial charge in [-0.05, 0) is 35.7 Å². The zero-order valence-corrected chi connectivity index (χ0v) is 17.3. The molecule has 4 aromatic rings. The van der Waals surface area contributed by atoms with Gasteiger partial charge in [0.2, 0.25) is 0 Å². The van der Waals surface area contributed by atoms with Crippen molar-refractivity contribution in [2.75, 3.05) is 5.32 Å². The van der Waals surface area contributed by atoms with E-state index in [1.807, 2.05) is 0 Å². The Morgan fingerprint density at radius 1 is 1.18 bits per heavy atom.